The Morgan fingerprint density at radius 2 is 2.00 bits per heavy atom. The van der Waals surface area contributed by atoms with E-state index >= 15 is 0 Å². The second-order valence-electron chi connectivity index (χ2n) is 5.38. The molecule has 1 aromatic carbocycles. The number of halogens is 1. The zero-order valence-corrected chi connectivity index (χ0v) is 13.2. The summed E-state index contributed by atoms with van der Waals surface area (Å²) in [6.45, 7) is 1.99. The molecule has 0 bridgehead atoms. The molecule has 1 fully saturated rings. The summed E-state index contributed by atoms with van der Waals surface area (Å²) in [6, 6.07) is 7.91. The van der Waals surface area contributed by atoms with Gasteiger partial charge in [0.05, 0.1) is 0 Å². The second kappa shape index (κ2) is 5.79. The van der Waals surface area contributed by atoms with Gasteiger partial charge in [-0.05, 0) is 53.3 Å². The highest BCUT2D eigenvalue weighted by molar-refractivity contribution is 9.12. The maximum atomic E-state index is 11.9. The highest BCUT2D eigenvalue weighted by Gasteiger charge is 2.38. The van der Waals surface area contributed by atoms with E-state index in [-0.39, 0.29) is 5.91 Å². The lowest BCUT2D eigenvalue weighted by molar-refractivity contribution is -0.128. The van der Waals surface area contributed by atoms with Crippen LogP contribution < -0.4 is 16.4 Å². The number of nitrogens with one attached hydrogen (secondary N) is 2. The lowest BCUT2D eigenvalue weighted by atomic mass is 9.85. The van der Waals surface area contributed by atoms with Gasteiger partial charge >= 0.3 is 0 Å². The van der Waals surface area contributed by atoms with Gasteiger partial charge in [0.15, 0.2) is 0 Å². The van der Waals surface area contributed by atoms with Gasteiger partial charge in [0.25, 0.3) is 11.8 Å². The number of amides is 1. The molecule has 2 aliphatic heterocycles. The predicted molar refractivity (Wildman–Crippen MR) is 83.4 cm³/mol. The molecule has 2 heterocycles. The monoisotopic (exact) mass is 351 g/mol. The van der Waals surface area contributed by atoms with Crippen molar-refractivity contribution in [1.29, 1.82) is 0 Å². The van der Waals surface area contributed by atoms with Crippen LogP contribution in [0.5, 0.6) is 0 Å². The second-order valence-corrected chi connectivity index (χ2v) is 6.24. The molecule has 6 heteroatoms. The van der Waals surface area contributed by atoms with Crippen molar-refractivity contribution in [3.63, 3.8) is 0 Å². The Hall–Kier alpha value is -1.37. The van der Waals surface area contributed by atoms with Gasteiger partial charge in [0, 0.05) is 5.56 Å². The van der Waals surface area contributed by atoms with E-state index in [1.54, 1.807) is 0 Å². The van der Waals surface area contributed by atoms with E-state index in [0.717, 1.165) is 37.1 Å². The van der Waals surface area contributed by atoms with Crippen LogP contribution in [0.25, 0.3) is 0 Å². The normalized spacial score (nSPS) is 26.8. The fourth-order valence-corrected chi connectivity index (χ4v) is 3.10. The van der Waals surface area contributed by atoms with Crippen LogP contribution in [0, 0.1) is 0 Å². The third kappa shape index (κ3) is 2.84. The first kappa shape index (κ1) is 14.6. The van der Waals surface area contributed by atoms with Crippen LogP contribution in [0.2, 0.25) is 0 Å². The van der Waals surface area contributed by atoms with E-state index < -0.39 is 5.85 Å². The van der Waals surface area contributed by atoms with Crippen LogP contribution >= 0.6 is 15.9 Å². The van der Waals surface area contributed by atoms with Gasteiger partial charge in [-0.1, -0.05) is 24.3 Å². The minimum absolute atomic E-state index is 0.274. The molecule has 0 radical (unpaired) electrons. The molecule has 1 unspecified atom stereocenters. The molecular weight excluding hydrogens is 334 g/mol. The van der Waals surface area contributed by atoms with Crippen LogP contribution in [-0.2, 0) is 15.4 Å². The average Bonchev–Trinajstić information content (AvgIpc) is 2.52. The van der Waals surface area contributed by atoms with Crippen molar-refractivity contribution in [3.05, 3.63) is 46.1 Å². The largest absolute Gasteiger partial charge is 0.457 e. The number of rotatable bonds is 2. The number of ether oxygens (including phenoxy) is 1. The van der Waals surface area contributed by atoms with Crippen molar-refractivity contribution < 1.29 is 9.53 Å². The summed E-state index contributed by atoms with van der Waals surface area (Å²) < 4.78 is 5.92. The van der Waals surface area contributed by atoms with Crippen LogP contribution in [-0.4, -0.2) is 19.0 Å². The molecule has 0 aliphatic carbocycles. The number of hydrogen-bond acceptors (Lipinski definition) is 4. The average molecular weight is 352 g/mol. The summed E-state index contributed by atoms with van der Waals surface area (Å²) >= 11 is 3.13. The molecule has 0 saturated carbocycles. The van der Waals surface area contributed by atoms with Gasteiger partial charge in [0.1, 0.15) is 10.7 Å². The Morgan fingerprint density at radius 1 is 1.29 bits per heavy atom. The summed E-state index contributed by atoms with van der Waals surface area (Å²) in [7, 11) is 0. The Labute approximate surface area is 132 Å². The van der Waals surface area contributed by atoms with E-state index in [4.69, 9.17) is 10.5 Å². The number of carbonyl (C=O) groups excluding carboxylic acids is 1. The number of carbonyl (C=O) groups is 1. The molecule has 1 amide bonds. The maximum absolute atomic E-state index is 11.9. The first-order valence-corrected chi connectivity index (χ1v) is 7.84. The molecule has 2 aliphatic rings. The van der Waals surface area contributed by atoms with Gasteiger partial charge < -0.3 is 10.1 Å². The van der Waals surface area contributed by atoms with Gasteiger partial charge in [-0.25, -0.2) is 0 Å². The SMILES string of the molecule is NC1(c2ccccc2C2CCNCC2)NC(=O)C(Br)=CO1. The molecule has 4 N–H and O–H groups in total. The first-order valence-electron chi connectivity index (χ1n) is 7.05. The van der Waals surface area contributed by atoms with Gasteiger partial charge in [0.2, 0.25) is 0 Å². The zero-order chi connectivity index (χ0) is 14.9. The van der Waals surface area contributed by atoms with Gasteiger partial charge in [-0.15, -0.1) is 0 Å². The van der Waals surface area contributed by atoms with Crippen molar-refractivity contribution in [2.45, 2.75) is 24.6 Å². The summed E-state index contributed by atoms with van der Waals surface area (Å²) in [4.78, 5) is 11.9. The van der Waals surface area contributed by atoms with E-state index in [1.165, 1.54) is 6.26 Å². The summed E-state index contributed by atoms with van der Waals surface area (Å²) in [5, 5.41) is 6.08. The third-order valence-electron chi connectivity index (χ3n) is 4.00. The standard InChI is InChI=1S/C15H18BrN3O2/c16-13-9-21-15(17,19-14(13)20)12-4-2-1-3-11(12)10-5-7-18-8-6-10/h1-4,9-10,18H,5-8,17H2,(H,19,20). The predicted octanol–water partition coefficient (Wildman–Crippen LogP) is 1.61. The van der Waals surface area contributed by atoms with Crippen LogP contribution in [0.1, 0.15) is 29.9 Å². The Balaban J connectivity index is 1.97. The molecule has 0 spiro atoms. The summed E-state index contributed by atoms with van der Waals surface area (Å²) in [5.41, 5.74) is 8.27. The summed E-state index contributed by atoms with van der Waals surface area (Å²) in [5.74, 6) is -1.16. The minimum Gasteiger partial charge on any atom is -0.457 e. The molecule has 21 heavy (non-hydrogen) atoms. The molecule has 1 aromatic rings. The fraction of sp³-hybridized carbons (Fsp3) is 0.400. The lowest BCUT2D eigenvalue weighted by Gasteiger charge is -2.36. The first-order chi connectivity index (χ1) is 10.1. The molecular formula is C15H18BrN3O2. The smallest absolute Gasteiger partial charge is 0.265 e. The van der Waals surface area contributed by atoms with E-state index in [9.17, 15) is 4.79 Å². The topological polar surface area (TPSA) is 76.4 Å². The number of hydrogen-bond donors (Lipinski definition) is 3. The fourth-order valence-electron chi connectivity index (χ4n) is 2.91. The minimum atomic E-state index is -1.31. The van der Waals surface area contributed by atoms with Crippen molar-refractivity contribution in [2.24, 2.45) is 5.73 Å². The van der Waals surface area contributed by atoms with Crippen molar-refractivity contribution in [2.75, 3.05) is 13.1 Å². The molecule has 3 rings (SSSR count). The Morgan fingerprint density at radius 3 is 2.71 bits per heavy atom. The summed E-state index contributed by atoms with van der Waals surface area (Å²) in [6.07, 6.45) is 3.47. The van der Waals surface area contributed by atoms with Crippen molar-refractivity contribution >= 4 is 21.8 Å². The molecule has 1 atom stereocenters. The third-order valence-corrected chi connectivity index (χ3v) is 4.55. The highest BCUT2D eigenvalue weighted by atomic mass is 79.9. The molecule has 1 saturated heterocycles. The van der Waals surface area contributed by atoms with Gasteiger partial charge in [-0.3, -0.25) is 15.8 Å². The number of nitrogens with two attached hydrogens (primary N) is 1. The molecule has 112 valence electrons. The van der Waals surface area contributed by atoms with Crippen molar-refractivity contribution in [3.8, 4) is 0 Å². The lowest BCUT2D eigenvalue weighted by Crippen LogP contribution is -2.57. The van der Waals surface area contributed by atoms with Crippen LogP contribution in [0.4, 0.5) is 0 Å². The van der Waals surface area contributed by atoms with E-state index in [0.29, 0.717) is 10.4 Å². The zero-order valence-electron chi connectivity index (χ0n) is 11.6. The van der Waals surface area contributed by atoms with Crippen LogP contribution in [0.3, 0.4) is 0 Å². The van der Waals surface area contributed by atoms with Gasteiger partial charge in [-0.2, -0.15) is 0 Å². The van der Waals surface area contributed by atoms with Crippen LogP contribution in [0.15, 0.2) is 35.0 Å². The van der Waals surface area contributed by atoms with E-state index in [1.807, 2.05) is 18.2 Å². The molecule has 5 nitrogen and oxygen atoms in total. The molecule has 0 aromatic heterocycles. The van der Waals surface area contributed by atoms with E-state index in [2.05, 4.69) is 32.6 Å². The Bertz CT molecular complexity index is 584. The number of piperidine rings is 1. The Kier molecular flexibility index (Phi) is 4.01. The van der Waals surface area contributed by atoms with Crippen molar-refractivity contribution in [1.82, 2.24) is 10.6 Å². The maximum Gasteiger partial charge on any atom is 0.265 e. The highest BCUT2D eigenvalue weighted by Crippen LogP contribution is 2.34. The number of benzene rings is 1. The quantitative estimate of drug-likeness (QED) is 0.756.